The molecule has 4 nitrogen and oxygen atoms in total. The number of guanidine groups is 1. The fourth-order valence-electron chi connectivity index (χ4n) is 2.31. The van der Waals surface area contributed by atoms with Gasteiger partial charge in [0, 0.05) is 33.4 Å². The van der Waals surface area contributed by atoms with Gasteiger partial charge in [-0.15, -0.1) is 0 Å². The Morgan fingerprint density at radius 3 is 2.56 bits per heavy atom. The van der Waals surface area contributed by atoms with Gasteiger partial charge in [0.25, 0.3) is 0 Å². The molecule has 2 N–H and O–H groups in total. The van der Waals surface area contributed by atoms with E-state index in [0.717, 1.165) is 45.0 Å². The van der Waals surface area contributed by atoms with Crippen LogP contribution in [0.4, 0.5) is 0 Å². The lowest BCUT2D eigenvalue weighted by Gasteiger charge is -2.40. The number of hydrogen-bond donors (Lipinski definition) is 2. The molecule has 106 valence electrons. The highest BCUT2D eigenvalue weighted by molar-refractivity contribution is 5.79. The van der Waals surface area contributed by atoms with Crippen molar-refractivity contribution in [2.24, 2.45) is 10.4 Å². The van der Waals surface area contributed by atoms with Crippen molar-refractivity contribution in [3.05, 3.63) is 0 Å². The number of ether oxygens (including phenoxy) is 1. The summed E-state index contributed by atoms with van der Waals surface area (Å²) in [6.07, 6.45) is 6.21. The number of methoxy groups -OCH3 is 1. The van der Waals surface area contributed by atoms with Crippen molar-refractivity contribution in [2.45, 2.75) is 46.0 Å². The summed E-state index contributed by atoms with van der Waals surface area (Å²) < 4.78 is 5.21. The summed E-state index contributed by atoms with van der Waals surface area (Å²) in [4.78, 5) is 4.74. The predicted octanol–water partition coefficient (Wildman–Crippen LogP) is 2.16. The predicted molar refractivity (Wildman–Crippen MR) is 77.0 cm³/mol. The average molecular weight is 255 g/mol. The van der Waals surface area contributed by atoms with Crippen LogP contribution < -0.4 is 10.6 Å². The Kier molecular flexibility index (Phi) is 7.09. The van der Waals surface area contributed by atoms with Crippen molar-refractivity contribution in [1.29, 1.82) is 0 Å². The minimum atomic E-state index is 0.407. The number of nitrogens with one attached hydrogen (secondary N) is 2. The van der Waals surface area contributed by atoms with Crippen LogP contribution in [0.1, 0.15) is 46.0 Å². The monoisotopic (exact) mass is 255 g/mol. The fraction of sp³-hybridized carbons (Fsp3) is 0.929. The van der Waals surface area contributed by atoms with E-state index in [0.29, 0.717) is 5.41 Å². The van der Waals surface area contributed by atoms with Gasteiger partial charge in [-0.2, -0.15) is 0 Å². The maximum Gasteiger partial charge on any atom is 0.191 e. The first kappa shape index (κ1) is 15.3. The first-order chi connectivity index (χ1) is 8.76. The van der Waals surface area contributed by atoms with Gasteiger partial charge in [0.2, 0.25) is 0 Å². The van der Waals surface area contributed by atoms with Crippen LogP contribution in [0.25, 0.3) is 0 Å². The Bertz CT molecular complexity index is 249. The molecule has 0 aliphatic heterocycles. The number of hydrogen-bond acceptors (Lipinski definition) is 2. The van der Waals surface area contributed by atoms with E-state index in [1.807, 2.05) is 0 Å². The Labute approximate surface area is 112 Å². The lowest BCUT2D eigenvalue weighted by atomic mass is 9.67. The minimum absolute atomic E-state index is 0.407. The summed E-state index contributed by atoms with van der Waals surface area (Å²) in [6.45, 7) is 7.96. The van der Waals surface area contributed by atoms with Crippen LogP contribution in [0, 0.1) is 5.41 Å². The maximum absolute atomic E-state index is 5.21. The van der Waals surface area contributed by atoms with Crippen molar-refractivity contribution >= 4 is 5.96 Å². The quantitative estimate of drug-likeness (QED) is 0.516. The van der Waals surface area contributed by atoms with E-state index in [-0.39, 0.29) is 0 Å². The van der Waals surface area contributed by atoms with Crippen LogP contribution >= 0.6 is 0 Å². The third-order valence-corrected chi connectivity index (χ3v) is 3.71. The highest BCUT2D eigenvalue weighted by Gasteiger charge is 2.36. The second kappa shape index (κ2) is 8.35. The third kappa shape index (κ3) is 4.84. The van der Waals surface area contributed by atoms with Crippen molar-refractivity contribution in [3.8, 4) is 0 Å². The van der Waals surface area contributed by atoms with Crippen LogP contribution in [0.5, 0.6) is 0 Å². The molecule has 0 saturated heterocycles. The average Bonchev–Trinajstić information content (AvgIpc) is 2.34. The van der Waals surface area contributed by atoms with Crippen molar-refractivity contribution < 1.29 is 4.74 Å². The number of rotatable bonds is 8. The zero-order valence-electron chi connectivity index (χ0n) is 12.2. The maximum atomic E-state index is 5.21. The second-order valence-corrected chi connectivity index (χ2v) is 5.22. The summed E-state index contributed by atoms with van der Waals surface area (Å²) in [5, 5.41) is 6.66. The van der Waals surface area contributed by atoms with E-state index in [1.54, 1.807) is 7.11 Å². The van der Waals surface area contributed by atoms with Gasteiger partial charge in [0.05, 0.1) is 0 Å². The van der Waals surface area contributed by atoms with Gasteiger partial charge in [-0.1, -0.05) is 13.3 Å². The van der Waals surface area contributed by atoms with E-state index < -0.39 is 0 Å². The van der Waals surface area contributed by atoms with E-state index in [9.17, 15) is 0 Å². The molecule has 0 aromatic heterocycles. The topological polar surface area (TPSA) is 45.7 Å². The Morgan fingerprint density at radius 2 is 2.06 bits per heavy atom. The number of aliphatic imine (C=N–C) groups is 1. The molecule has 0 unspecified atom stereocenters. The summed E-state index contributed by atoms with van der Waals surface area (Å²) in [5.74, 6) is 0.961. The standard InChI is InChI=1S/C14H29N3O/c1-4-10-16-13(15-5-2)17-12-14(7-6-8-14)9-11-18-3/h4-12H2,1-3H3,(H2,15,16,17). The molecule has 4 heteroatoms. The highest BCUT2D eigenvalue weighted by Crippen LogP contribution is 2.44. The lowest BCUT2D eigenvalue weighted by Crippen LogP contribution is -2.40. The largest absolute Gasteiger partial charge is 0.385 e. The molecule has 1 rings (SSSR count). The molecule has 0 amide bonds. The van der Waals surface area contributed by atoms with Gasteiger partial charge < -0.3 is 15.4 Å². The summed E-state index contributed by atoms with van der Waals surface area (Å²) in [7, 11) is 1.78. The molecule has 1 aliphatic rings. The van der Waals surface area contributed by atoms with Crippen LogP contribution in [0.2, 0.25) is 0 Å². The molecule has 0 spiro atoms. The van der Waals surface area contributed by atoms with Gasteiger partial charge in [-0.25, -0.2) is 0 Å². The number of nitrogens with zero attached hydrogens (tertiary/aromatic N) is 1. The minimum Gasteiger partial charge on any atom is -0.385 e. The first-order valence-corrected chi connectivity index (χ1v) is 7.27. The van der Waals surface area contributed by atoms with Gasteiger partial charge in [0.1, 0.15) is 0 Å². The van der Waals surface area contributed by atoms with Crippen LogP contribution in [-0.4, -0.2) is 39.3 Å². The van der Waals surface area contributed by atoms with E-state index in [2.05, 4.69) is 24.5 Å². The summed E-state index contributed by atoms with van der Waals surface area (Å²) in [6, 6.07) is 0. The Morgan fingerprint density at radius 1 is 1.28 bits per heavy atom. The van der Waals surface area contributed by atoms with E-state index in [1.165, 1.54) is 19.3 Å². The van der Waals surface area contributed by atoms with E-state index >= 15 is 0 Å². The van der Waals surface area contributed by atoms with Crippen LogP contribution in [0.15, 0.2) is 4.99 Å². The summed E-state index contributed by atoms with van der Waals surface area (Å²) in [5.41, 5.74) is 0.407. The zero-order valence-corrected chi connectivity index (χ0v) is 12.2. The Hall–Kier alpha value is -0.770. The molecule has 0 atom stereocenters. The summed E-state index contributed by atoms with van der Waals surface area (Å²) >= 11 is 0. The molecule has 1 saturated carbocycles. The first-order valence-electron chi connectivity index (χ1n) is 7.27. The normalized spacial score (nSPS) is 18.3. The van der Waals surface area contributed by atoms with E-state index in [4.69, 9.17) is 9.73 Å². The van der Waals surface area contributed by atoms with Gasteiger partial charge >= 0.3 is 0 Å². The fourth-order valence-corrected chi connectivity index (χ4v) is 2.31. The molecule has 1 aliphatic carbocycles. The third-order valence-electron chi connectivity index (χ3n) is 3.71. The van der Waals surface area contributed by atoms with Gasteiger partial charge in [0.15, 0.2) is 5.96 Å². The van der Waals surface area contributed by atoms with Crippen LogP contribution in [-0.2, 0) is 4.74 Å². The van der Waals surface area contributed by atoms with Gasteiger partial charge in [-0.05, 0) is 38.0 Å². The molecule has 0 bridgehead atoms. The van der Waals surface area contributed by atoms with Crippen molar-refractivity contribution in [3.63, 3.8) is 0 Å². The molecule has 0 aromatic rings. The molecule has 1 fully saturated rings. The van der Waals surface area contributed by atoms with Crippen LogP contribution in [0.3, 0.4) is 0 Å². The zero-order chi connectivity index (χ0) is 13.3. The van der Waals surface area contributed by atoms with Gasteiger partial charge in [-0.3, -0.25) is 4.99 Å². The Balaban J connectivity index is 2.45. The second-order valence-electron chi connectivity index (χ2n) is 5.22. The molecule has 0 aromatic carbocycles. The molecular weight excluding hydrogens is 226 g/mol. The molecule has 0 heterocycles. The molecule has 0 radical (unpaired) electrons. The van der Waals surface area contributed by atoms with Crippen molar-refractivity contribution in [1.82, 2.24) is 10.6 Å². The van der Waals surface area contributed by atoms with Crippen molar-refractivity contribution in [2.75, 3.05) is 33.4 Å². The lowest BCUT2D eigenvalue weighted by molar-refractivity contribution is 0.0778. The molecular formula is C14H29N3O. The SMILES string of the molecule is CCCNC(=NCC1(CCOC)CCC1)NCC. The molecule has 18 heavy (non-hydrogen) atoms. The highest BCUT2D eigenvalue weighted by atomic mass is 16.5. The smallest absolute Gasteiger partial charge is 0.191 e.